The molecule has 0 saturated carbocycles. The molecule has 1 aliphatic rings. The molecule has 70 heavy (non-hydrogen) atoms. The molecular formula is C66H43N3O. The Morgan fingerprint density at radius 2 is 1.10 bits per heavy atom. The predicted octanol–water partition coefficient (Wildman–Crippen LogP) is 18.4. The Kier molecular flexibility index (Phi) is 8.45. The number of nitrogens with zero attached hydrogens (tertiary/aromatic N) is 2. The van der Waals surface area contributed by atoms with E-state index in [1.165, 1.54) is 87.8 Å². The molecule has 14 aromatic rings. The monoisotopic (exact) mass is 893 g/mol. The van der Waals surface area contributed by atoms with Gasteiger partial charge >= 0.3 is 0 Å². The van der Waals surface area contributed by atoms with E-state index in [9.17, 15) is 0 Å². The number of aromatic nitrogens is 2. The number of anilines is 2. The minimum Gasteiger partial charge on any atom is -0.454 e. The third-order valence-electron chi connectivity index (χ3n) is 14.8. The average Bonchev–Trinajstić information content (AvgIpc) is 4.19. The molecule has 15 rings (SSSR count). The van der Waals surface area contributed by atoms with E-state index in [2.05, 4.69) is 239 Å². The smallest absolute Gasteiger partial charge is 0.159 e. The number of hydrogen-bond donors (Lipinski definition) is 1. The van der Waals surface area contributed by atoms with E-state index >= 15 is 0 Å². The molecule has 0 atom stereocenters. The molecule has 0 saturated heterocycles. The normalized spacial score (nSPS) is 13.1. The van der Waals surface area contributed by atoms with Crippen LogP contribution in [0.4, 0.5) is 11.4 Å². The van der Waals surface area contributed by atoms with Crippen LogP contribution in [-0.2, 0) is 0 Å². The molecule has 4 heteroatoms. The molecule has 0 aliphatic heterocycles. The summed E-state index contributed by atoms with van der Waals surface area (Å²) in [6, 6.07) is 77.5. The lowest BCUT2D eigenvalue weighted by Gasteiger charge is -2.28. The SMILES string of the molecule is C1=CC(N(c2cccc(-c3ccc4c(c3)c3cccc5c6c(-c7ccccc7)c7[nH]c8c(-c9ccccc9)cccc8c7c(-c7ccccc7)c6n4c35)c2)c2cccc3c2oc2ccccc23)=CCC1. The predicted molar refractivity (Wildman–Crippen MR) is 295 cm³/mol. The molecule has 0 radical (unpaired) electrons. The minimum absolute atomic E-state index is 0.889. The Hall–Kier alpha value is -9.12. The number of para-hydroxylation sites is 4. The van der Waals surface area contributed by atoms with E-state index in [-0.39, 0.29) is 0 Å². The van der Waals surface area contributed by atoms with E-state index < -0.39 is 0 Å². The van der Waals surface area contributed by atoms with Crippen LogP contribution in [0.3, 0.4) is 0 Å². The Balaban J connectivity index is 0.993. The molecule has 328 valence electrons. The first-order valence-corrected chi connectivity index (χ1v) is 24.3. The summed E-state index contributed by atoms with van der Waals surface area (Å²) < 4.78 is 9.24. The van der Waals surface area contributed by atoms with E-state index in [0.717, 1.165) is 68.4 Å². The quantitative estimate of drug-likeness (QED) is 0.173. The Morgan fingerprint density at radius 1 is 0.443 bits per heavy atom. The zero-order valence-corrected chi connectivity index (χ0v) is 38.2. The molecule has 1 N–H and O–H groups in total. The van der Waals surface area contributed by atoms with E-state index in [0.29, 0.717) is 0 Å². The van der Waals surface area contributed by atoms with Gasteiger partial charge in [-0.05, 0) is 83.1 Å². The van der Waals surface area contributed by atoms with Crippen molar-refractivity contribution in [2.75, 3.05) is 4.90 Å². The van der Waals surface area contributed by atoms with Gasteiger partial charge in [0.1, 0.15) is 5.58 Å². The van der Waals surface area contributed by atoms with Gasteiger partial charge in [-0.3, -0.25) is 0 Å². The van der Waals surface area contributed by atoms with Gasteiger partial charge in [0.15, 0.2) is 5.58 Å². The van der Waals surface area contributed by atoms with E-state index in [1.807, 2.05) is 6.07 Å². The molecule has 1 aliphatic carbocycles. The standard InChI is InChI=1S/C66H43N3O/c1-5-19-41(20-6-1)48-30-16-33-52-60-59(43-23-9-3-10-24-43)65-61(58(63(60)67-62(48)52)42-21-7-2-8-22-42)53-34-17-31-50-54-40-45(37-38-55(54)69(65)64(50)53)44-25-15-28-47(39-44)68(46-26-11-4-12-27-46)56-35-18-32-51-49-29-13-14-36-57(49)70-66(51)56/h1-3,5-11,13-40,67H,4,12H2. The summed E-state index contributed by atoms with van der Waals surface area (Å²) in [5, 5.41) is 9.68. The van der Waals surface area contributed by atoms with E-state index in [4.69, 9.17) is 4.42 Å². The molecule has 0 unspecified atom stereocenters. The number of rotatable bonds is 7. The highest BCUT2D eigenvalue weighted by Gasteiger charge is 2.29. The fourth-order valence-electron chi connectivity index (χ4n) is 11.9. The molecule has 0 fully saturated rings. The number of nitrogens with one attached hydrogen (secondary N) is 1. The molecule has 0 bridgehead atoms. The summed E-state index contributed by atoms with van der Waals surface area (Å²) in [7, 11) is 0. The summed E-state index contributed by atoms with van der Waals surface area (Å²) in [5.41, 5.74) is 20.6. The van der Waals surface area contributed by atoms with Crippen molar-refractivity contribution in [2.45, 2.75) is 12.8 Å². The van der Waals surface area contributed by atoms with Crippen LogP contribution in [0.25, 0.3) is 126 Å². The maximum absolute atomic E-state index is 6.66. The Morgan fingerprint density at radius 3 is 1.91 bits per heavy atom. The van der Waals surface area contributed by atoms with Crippen molar-refractivity contribution in [3.63, 3.8) is 0 Å². The first-order chi connectivity index (χ1) is 34.8. The van der Waals surface area contributed by atoms with Crippen LogP contribution in [0, 0.1) is 0 Å². The fourth-order valence-corrected chi connectivity index (χ4v) is 11.9. The molecule has 4 aromatic heterocycles. The number of aromatic amines is 1. The maximum Gasteiger partial charge on any atom is 0.159 e. The first kappa shape index (κ1) is 38.9. The number of fused-ring (bicyclic) bond motifs is 12. The second-order valence-electron chi connectivity index (χ2n) is 18.7. The molecule has 0 spiro atoms. The summed E-state index contributed by atoms with van der Waals surface area (Å²) in [6.07, 6.45) is 8.91. The van der Waals surface area contributed by atoms with Crippen molar-refractivity contribution in [1.82, 2.24) is 9.38 Å². The molecule has 10 aromatic carbocycles. The van der Waals surface area contributed by atoms with Crippen LogP contribution in [0.1, 0.15) is 12.8 Å². The zero-order chi connectivity index (χ0) is 45.9. The van der Waals surface area contributed by atoms with E-state index in [1.54, 1.807) is 0 Å². The van der Waals surface area contributed by atoms with Crippen LogP contribution < -0.4 is 4.90 Å². The zero-order valence-electron chi connectivity index (χ0n) is 38.2. The van der Waals surface area contributed by atoms with Gasteiger partial charge in [-0.1, -0.05) is 188 Å². The second-order valence-corrected chi connectivity index (χ2v) is 18.7. The second kappa shape index (κ2) is 15.2. The van der Waals surface area contributed by atoms with Gasteiger partial charge in [-0.2, -0.15) is 0 Å². The van der Waals surface area contributed by atoms with Gasteiger partial charge in [0.25, 0.3) is 0 Å². The fraction of sp³-hybridized carbons (Fsp3) is 0.0303. The van der Waals surface area contributed by atoms with Gasteiger partial charge in [-0.25, -0.2) is 0 Å². The largest absolute Gasteiger partial charge is 0.454 e. The number of H-pyrrole nitrogens is 1. The summed E-state index contributed by atoms with van der Waals surface area (Å²) >= 11 is 0. The summed E-state index contributed by atoms with van der Waals surface area (Å²) in [4.78, 5) is 6.47. The van der Waals surface area contributed by atoms with Gasteiger partial charge < -0.3 is 18.7 Å². The van der Waals surface area contributed by atoms with Crippen LogP contribution in [0.2, 0.25) is 0 Å². The number of benzene rings is 10. The average molecular weight is 894 g/mol. The van der Waals surface area contributed by atoms with Crippen LogP contribution >= 0.6 is 0 Å². The van der Waals surface area contributed by atoms with Crippen molar-refractivity contribution in [1.29, 1.82) is 0 Å². The van der Waals surface area contributed by atoms with Gasteiger partial charge in [0.2, 0.25) is 0 Å². The molecule has 4 nitrogen and oxygen atoms in total. The van der Waals surface area contributed by atoms with Crippen molar-refractivity contribution in [3.8, 4) is 44.5 Å². The topological polar surface area (TPSA) is 36.6 Å². The third-order valence-corrected chi connectivity index (χ3v) is 14.8. The summed E-state index contributed by atoms with van der Waals surface area (Å²) in [5.74, 6) is 0. The third kappa shape index (κ3) is 5.65. The van der Waals surface area contributed by atoms with Crippen molar-refractivity contribution in [2.24, 2.45) is 0 Å². The van der Waals surface area contributed by atoms with Gasteiger partial charge in [0.05, 0.1) is 33.3 Å². The first-order valence-electron chi connectivity index (χ1n) is 24.3. The number of furan rings is 1. The van der Waals surface area contributed by atoms with Crippen LogP contribution in [0.15, 0.2) is 241 Å². The maximum atomic E-state index is 6.66. The Labute approximate surface area is 403 Å². The highest BCUT2D eigenvalue weighted by Crippen LogP contribution is 2.53. The number of hydrogen-bond acceptors (Lipinski definition) is 2. The Bertz CT molecular complexity index is 4460. The lowest BCUT2D eigenvalue weighted by molar-refractivity contribution is 0.668. The van der Waals surface area contributed by atoms with Crippen molar-refractivity contribution in [3.05, 3.63) is 236 Å². The lowest BCUT2D eigenvalue weighted by Crippen LogP contribution is -2.16. The van der Waals surface area contributed by atoms with Crippen molar-refractivity contribution >= 4 is 93.2 Å². The highest BCUT2D eigenvalue weighted by atomic mass is 16.3. The lowest BCUT2D eigenvalue weighted by atomic mass is 9.89. The van der Waals surface area contributed by atoms with Crippen LogP contribution in [0.5, 0.6) is 0 Å². The van der Waals surface area contributed by atoms with Crippen LogP contribution in [-0.4, -0.2) is 9.38 Å². The molecule has 0 amide bonds. The molecular weight excluding hydrogens is 851 g/mol. The highest BCUT2D eigenvalue weighted by molar-refractivity contribution is 6.36. The van der Waals surface area contributed by atoms with Gasteiger partial charge in [0, 0.05) is 71.2 Å². The molecule has 4 heterocycles. The van der Waals surface area contributed by atoms with Crippen molar-refractivity contribution < 1.29 is 4.42 Å². The minimum atomic E-state index is 0.889. The summed E-state index contributed by atoms with van der Waals surface area (Å²) in [6.45, 7) is 0. The number of allylic oxidation sites excluding steroid dienone is 3. The van der Waals surface area contributed by atoms with Gasteiger partial charge in [-0.15, -0.1) is 0 Å².